The molecular formula is C23H35NO5. The third kappa shape index (κ3) is 4.38. The van der Waals surface area contributed by atoms with Gasteiger partial charge in [0.2, 0.25) is 0 Å². The smallest absolute Gasteiger partial charge is 0.253 e. The minimum atomic E-state index is -1.44. The number of nitrogens with zero attached hydrogens (tertiary/aromatic N) is 1. The molecule has 0 aromatic heterocycles. The van der Waals surface area contributed by atoms with Crippen LogP contribution in [0.4, 0.5) is 0 Å². The first-order chi connectivity index (χ1) is 13.6. The summed E-state index contributed by atoms with van der Waals surface area (Å²) >= 11 is 0. The topological polar surface area (TPSA) is 79.2 Å². The van der Waals surface area contributed by atoms with Crippen molar-refractivity contribution in [3.05, 3.63) is 23.8 Å². The molecule has 2 N–H and O–H groups in total. The van der Waals surface area contributed by atoms with E-state index >= 15 is 0 Å². The van der Waals surface area contributed by atoms with Crippen molar-refractivity contribution < 1.29 is 24.5 Å². The molecular weight excluding hydrogens is 370 g/mol. The van der Waals surface area contributed by atoms with Gasteiger partial charge in [-0.05, 0) is 64.2 Å². The van der Waals surface area contributed by atoms with Crippen molar-refractivity contribution in [1.29, 1.82) is 0 Å². The van der Waals surface area contributed by atoms with E-state index in [1.807, 2.05) is 25.1 Å². The molecule has 6 nitrogen and oxygen atoms in total. The first-order valence-corrected chi connectivity index (χ1v) is 10.6. The second-order valence-electron chi connectivity index (χ2n) is 9.41. The number of aliphatic hydroxyl groups excluding tert-OH is 1. The van der Waals surface area contributed by atoms with Crippen LogP contribution in [0.25, 0.3) is 0 Å². The lowest BCUT2D eigenvalue weighted by molar-refractivity contribution is -0.147. The molecule has 1 aliphatic heterocycles. The van der Waals surface area contributed by atoms with Crippen LogP contribution in [0.1, 0.15) is 64.9 Å². The Hall–Kier alpha value is -1.79. The largest absolute Gasteiger partial charge is 0.493 e. The van der Waals surface area contributed by atoms with Crippen molar-refractivity contribution in [3.8, 4) is 11.5 Å². The Morgan fingerprint density at radius 2 is 1.93 bits per heavy atom. The van der Waals surface area contributed by atoms with Crippen molar-refractivity contribution in [1.82, 2.24) is 4.90 Å². The van der Waals surface area contributed by atoms with Crippen molar-refractivity contribution >= 4 is 5.91 Å². The summed E-state index contributed by atoms with van der Waals surface area (Å²) in [6.07, 6.45) is 4.06. The second-order valence-corrected chi connectivity index (χ2v) is 9.41. The van der Waals surface area contributed by atoms with E-state index in [2.05, 4.69) is 0 Å². The van der Waals surface area contributed by atoms with Crippen molar-refractivity contribution in [3.63, 3.8) is 0 Å². The lowest BCUT2D eigenvalue weighted by Crippen LogP contribution is -2.45. The molecule has 3 atom stereocenters. The van der Waals surface area contributed by atoms with Gasteiger partial charge in [-0.1, -0.05) is 13.0 Å². The fourth-order valence-corrected chi connectivity index (χ4v) is 4.65. The van der Waals surface area contributed by atoms with E-state index in [-0.39, 0.29) is 17.9 Å². The molecule has 1 amide bonds. The van der Waals surface area contributed by atoms with Crippen LogP contribution in [0, 0.1) is 5.41 Å². The van der Waals surface area contributed by atoms with Crippen LogP contribution < -0.4 is 9.47 Å². The summed E-state index contributed by atoms with van der Waals surface area (Å²) in [4.78, 5) is 14.4. The van der Waals surface area contributed by atoms with Gasteiger partial charge in [0.1, 0.15) is 5.60 Å². The highest BCUT2D eigenvalue weighted by Gasteiger charge is 2.50. The third-order valence-electron chi connectivity index (χ3n) is 6.68. The van der Waals surface area contributed by atoms with Crippen LogP contribution in [0.3, 0.4) is 0 Å². The maximum Gasteiger partial charge on any atom is 0.253 e. The number of benzene rings is 1. The Labute approximate surface area is 173 Å². The van der Waals surface area contributed by atoms with E-state index in [1.165, 1.54) is 26.7 Å². The zero-order chi connectivity index (χ0) is 21.4. The summed E-state index contributed by atoms with van der Waals surface area (Å²) in [6.45, 7) is 7.61. The molecule has 1 aromatic carbocycles. The first kappa shape index (κ1) is 21.9. The summed E-state index contributed by atoms with van der Waals surface area (Å²) < 4.78 is 11.8. The molecule has 1 heterocycles. The predicted molar refractivity (Wildman–Crippen MR) is 111 cm³/mol. The molecule has 1 unspecified atom stereocenters. The Bertz CT molecular complexity index is 735. The highest BCUT2D eigenvalue weighted by molar-refractivity contribution is 5.84. The molecule has 2 fully saturated rings. The van der Waals surface area contributed by atoms with Crippen LogP contribution in [-0.4, -0.2) is 59.0 Å². The molecule has 2 aliphatic rings. The quantitative estimate of drug-likeness (QED) is 0.760. The highest BCUT2D eigenvalue weighted by atomic mass is 16.5. The van der Waals surface area contributed by atoms with Gasteiger partial charge in [0.25, 0.3) is 5.91 Å². The summed E-state index contributed by atoms with van der Waals surface area (Å²) in [5.41, 5.74) is -0.959. The molecule has 6 heteroatoms. The predicted octanol–water partition coefficient (Wildman–Crippen LogP) is 3.10. The number of ether oxygens (including phenoxy) is 2. The lowest BCUT2D eigenvalue weighted by atomic mass is 9.72. The van der Waals surface area contributed by atoms with Crippen LogP contribution in [-0.2, 0) is 4.79 Å². The zero-order valence-electron chi connectivity index (χ0n) is 18.3. The summed E-state index contributed by atoms with van der Waals surface area (Å²) in [7, 11) is 1.63. The fourth-order valence-electron chi connectivity index (χ4n) is 4.65. The van der Waals surface area contributed by atoms with Crippen molar-refractivity contribution in [2.24, 2.45) is 5.41 Å². The molecule has 0 radical (unpaired) electrons. The third-order valence-corrected chi connectivity index (χ3v) is 6.68. The number of hydrogen-bond acceptors (Lipinski definition) is 5. The molecule has 29 heavy (non-hydrogen) atoms. The van der Waals surface area contributed by atoms with Crippen LogP contribution >= 0.6 is 0 Å². The van der Waals surface area contributed by atoms with Crippen LogP contribution in [0.2, 0.25) is 0 Å². The Morgan fingerprint density at radius 3 is 2.48 bits per heavy atom. The Balaban J connectivity index is 1.93. The lowest BCUT2D eigenvalue weighted by Gasteiger charge is -2.34. The number of likely N-dealkylation sites (tertiary alicyclic amines) is 1. The highest BCUT2D eigenvalue weighted by Crippen LogP contribution is 2.47. The fraction of sp³-hybridized carbons (Fsp3) is 0.696. The number of rotatable bonds is 6. The average molecular weight is 406 g/mol. The van der Waals surface area contributed by atoms with E-state index in [9.17, 15) is 15.0 Å². The van der Waals surface area contributed by atoms with Gasteiger partial charge in [0, 0.05) is 24.4 Å². The second kappa shape index (κ2) is 8.15. The Kier molecular flexibility index (Phi) is 6.16. The van der Waals surface area contributed by atoms with E-state index in [0.29, 0.717) is 18.8 Å². The number of hydrogen-bond donors (Lipinski definition) is 2. The monoisotopic (exact) mass is 405 g/mol. The number of aliphatic hydroxyl groups is 2. The Morgan fingerprint density at radius 1 is 1.28 bits per heavy atom. The maximum absolute atomic E-state index is 12.7. The van der Waals surface area contributed by atoms with Gasteiger partial charge in [-0.25, -0.2) is 0 Å². The molecule has 1 aromatic rings. The first-order valence-electron chi connectivity index (χ1n) is 10.6. The van der Waals surface area contributed by atoms with Crippen molar-refractivity contribution in [2.45, 2.75) is 77.1 Å². The molecule has 1 aliphatic carbocycles. The van der Waals surface area contributed by atoms with E-state index in [4.69, 9.17) is 9.47 Å². The SMILES string of the molecule is COc1ccc(C2CN(C(=O)C(C)(C)O)C[C@@]2(C)[C@@H](C)O)cc1OC1CCCC1. The van der Waals surface area contributed by atoms with Gasteiger partial charge < -0.3 is 24.6 Å². The van der Waals surface area contributed by atoms with Gasteiger partial charge in [0.15, 0.2) is 11.5 Å². The minimum absolute atomic E-state index is 0.0781. The van der Waals surface area contributed by atoms with Gasteiger partial charge in [-0.3, -0.25) is 4.79 Å². The molecule has 1 saturated heterocycles. The summed E-state index contributed by atoms with van der Waals surface area (Å²) in [5.74, 6) is 1.02. The molecule has 162 valence electrons. The molecule has 0 spiro atoms. The van der Waals surface area contributed by atoms with E-state index < -0.39 is 17.1 Å². The normalized spacial score (nSPS) is 26.6. The minimum Gasteiger partial charge on any atom is -0.493 e. The van der Waals surface area contributed by atoms with Gasteiger partial charge in [-0.2, -0.15) is 0 Å². The van der Waals surface area contributed by atoms with E-state index in [0.717, 1.165) is 24.2 Å². The van der Waals surface area contributed by atoms with Crippen LogP contribution in [0.15, 0.2) is 18.2 Å². The number of carbonyl (C=O) groups excluding carboxylic acids is 1. The van der Waals surface area contributed by atoms with Gasteiger partial charge in [-0.15, -0.1) is 0 Å². The zero-order valence-corrected chi connectivity index (χ0v) is 18.3. The summed E-state index contributed by atoms with van der Waals surface area (Å²) in [5, 5.41) is 20.8. The average Bonchev–Trinajstić information content (AvgIpc) is 3.28. The van der Waals surface area contributed by atoms with Crippen LogP contribution in [0.5, 0.6) is 11.5 Å². The molecule has 0 bridgehead atoms. The number of carbonyl (C=O) groups is 1. The number of methoxy groups -OCH3 is 1. The van der Waals surface area contributed by atoms with Gasteiger partial charge >= 0.3 is 0 Å². The molecule has 1 saturated carbocycles. The summed E-state index contributed by atoms with van der Waals surface area (Å²) in [6, 6.07) is 5.90. The molecule has 3 rings (SSSR count). The number of amides is 1. The van der Waals surface area contributed by atoms with E-state index in [1.54, 1.807) is 18.9 Å². The van der Waals surface area contributed by atoms with Crippen molar-refractivity contribution in [2.75, 3.05) is 20.2 Å². The standard InChI is InChI=1S/C23H35NO5/c1-15(25)23(4)14-24(21(26)22(2,3)27)13-18(23)16-10-11-19(28-5)20(12-16)29-17-8-6-7-9-17/h10-12,15,17-18,25,27H,6-9,13-14H2,1-5H3/t15-,18?,23+/m1/s1. The maximum atomic E-state index is 12.7. The van der Waals surface area contributed by atoms with Gasteiger partial charge in [0.05, 0.1) is 19.3 Å².